The van der Waals surface area contributed by atoms with Gasteiger partial charge >= 0.3 is 24.1 Å². The van der Waals surface area contributed by atoms with Gasteiger partial charge in [-0.05, 0) is 57.9 Å². The number of fused-ring (bicyclic) bond motifs is 1. The Kier molecular flexibility index (Phi) is 7.16. The number of carbonyl (C=O) groups is 4. The van der Waals surface area contributed by atoms with Crippen molar-refractivity contribution in [1.29, 1.82) is 0 Å². The fraction of sp³-hybridized carbons (Fsp3) is 0.600. The number of carboxylic acids is 2. The van der Waals surface area contributed by atoms with Crippen LogP contribution in [0.5, 0.6) is 5.75 Å². The Bertz CT molecular complexity index is 1040. The van der Waals surface area contributed by atoms with E-state index in [2.05, 4.69) is 16.0 Å². The zero-order chi connectivity index (χ0) is 27.1. The van der Waals surface area contributed by atoms with Gasteiger partial charge in [0.1, 0.15) is 11.4 Å². The highest BCUT2D eigenvalue weighted by molar-refractivity contribution is 5.93. The number of carboxylic acid groups (broad SMARTS) is 2. The summed E-state index contributed by atoms with van der Waals surface area (Å²) >= 11 is 0. The van der Waals surface area contributed by atoms with Gasteiger partial charge < -0.3 is 35.6 Å². The molecule has 2 aliphatic rings. The van der Waals surface area contributed by atoms with Crippen molar-refractivity contribution in [2.75, 3.05) is 12.4 Å². The number of alkyl carbamates (subject to hydrolysis) is 1. The van der Waals surface area contributed by atoms with Crippen LogP contribution in [0.25, 0.3) is 0 Å². The van der Waals surface area contributed by atoms with E-state index in [1.54, 1.807) is 58.9 Å². The van der Waals surface area contributed by atoms with Gasteiger partial charge in [0, 0.05) is 29.0 Å². The molecule has 11 heteroatoms. The van der Waals surface area contributed by atoms with Crippen molar-refractivity contribution in [3.8, 4) is 5.75 Å². The number of urea groups is 1. The Hall–Kier alpha value is -3.50. The summed E-state index contributed by atoms with van der Waals surface area (Å²) in [5, 5.41) is 28.6. The molecule has 0 aliphatic heterocycles. The quantitative estimate of drug-likeness (QED) is 0.359. The average molecular weight is 506 g/mol. The molecule has 3 rings (SSSR count). The molecule has 0 aromatic heterocycles. The van der Waals surface area contributed by atoms with Gasteiger partial charge in [0.25, 0.3) is 0 Å². The van der Waals surface area contributed by atoms with Crippen LogP contribution in [0.15, 0.2) is 24.3 Å². The Balaban J connectivity index is 1.98. The summed E-state index contributed by atoms with van der Waals surface area (Å²) in [6, 6.07) is 5.20. The van der Waals surface area contributed by atoms with Crippen molar-refractivity contribution in [2.45, 2.75) is 64.6 Å². The van der Waals surface area contributed by atoms with Crippen LogP contribution in [0.4, 0.5) is 15.3 Å². The largest absolute Gasteiger partial charge is 0.497 e. The number of benzene rings is 1. The zero-order valence-electron chi connectivity index (χ0n) is 21.4. The predicted molar refractivity (Wildman–Crippen MR) is 130 cm³/mol. The Morgan fingerprint density at radius 3 is 2.11 bits per heavy atom. The molecule has 6 atom stereocenters. The number of amides is 3. The first kappa shape index (κ1) is 27.1. The van der Waals surface area contributed by atoms with Crippen molar-refractivity contribution in [2.24, 2.45) is 23.2 Å². The van der Waals surface area contributed by atoms with E-state index in [4.69, 9.17) is 9.47 Å². The van der Waals surface area contributed by atoms with Crippen molar-refractivity contribution in [1.82, 2.24) is 10.6 Å². The van der Waals surface area contributed by atoms with E-state index < -0.39 is 64.4 Å². The molecule has 2 fully saturated rings. The molecule has 0 spiro atoms. The lowest BCUT2D eigenvalue weighted by Crippen LogP contribution is -2.66. The highest BCUT2D eigenvalue weighted by Gasteiger charge is 2.88. The number of nitrogens with one attached hydrogen (secondary N) is 3. The normalized spacial score (nSPS) is 30.5. The first-order valence-electron chi connectivity index (χ1n) is 12.0. The van der Waals surface area contributed by atoms with Crippen molar-refractivity contribution >= 4 is 29.8 Å². The molecule has 0 bridgehead atoms. The second kappa shape index (κ2) is 9.51. The maximum atomic E-state index is 12.9. The van der Waals surface area contributed by atoms with Crippen LogP contribution in [-0.4, -0.2) is 58.6 Å². The summed E-state index contributed by atoms with van der Waals surface area (Å²) in [6.07, 6.45) is -0.514. The first-order valence-corrected chi connectivity index (χ1v) is 12.0. The summed E-state index contributed by atoms with van der Waals surface area (Å²) < 4.78 is 10.5. The molecular formula is C25H35N3O8. The van der Waals surface area contributed by atoms with Gasteiger partial charge in [-0.15, -0.1) is 0 Å². The minimum Gasteiger partial charge on any atom is -0.497 e. The van der Waals surface area contributed by atoms with Crippen molar-refractivity contribution < 1.29 is 38.9 Å². The van der Waals surface area contributed by atoms with Crippen LogP contribution < -0.4 is 20.7 Å². The molecule has 5 N–H and O–H groups in total. The number of methoxy groups -OCH3 is 1. The summed E-state index contributed by atoms with van der Waals surface area (Å²) in [7, 11) is 1.52. The lowest BCUT2D eigenvalue weighted by molar-refractivity contribution is -0.153. The van der Waals surface area contributed by atoms with Crippen LogP contribution in [0.2, 0.25) is 0 Å². The molecule has 6 unspecified atom stereocenters. The van der Waals surface area contributed by atoms with Crippen molar-refractivity contribution in [3.63, 3.8) is 0 Å². The molecule has 2 aliphatic carbocycles. The summed E-state index contributed by atoms with van der Waals surface area (Å²) in [5.41, 5.74) is -3.68. The van der Waals surface area contributed by atoms with E-state index in [1.165, 1.54) is 7.11 Å². The second-order valence-electron chi connectivity index (χ2n) is 10.3. The van der Waals surface area contributed by atoms with E-state index in [-0.39, 0.29) is 12.8 Å². The SMILES string of the molecule is CCC1C(NC(=O)Nc2ccc(OC)cc2)C2C(C(=O)O)C2(CC)C1(NC(=O)OC(C)(C)C)C(=O)O. The molecule has 0 saturated heterocycles. The molecule has 0 heterocycles. The second-order valence-corrected chi connectivity index (χ2v) is 10.3. The lowest BCUT2D eigenvalue weighted by Gasteiger charge is -2.42. The molecule has 0 radical (unpaired) electrons. The zero-order valence-corrected chi connectivity index (χ0v) is 21.4. The van der Waals surface area contributed by atoms with Gasteiger partial charge in [-0.2, -0.15) is 0 Å². The monoisotopic (exact) mass is 505 g/mol. The van der Waals surface area contributed by atoms with Gasteiger partial charge in [0.15, 0.2) is 5.54 Å². The fourth-order valence-electron chi connectivity index (χ4n) is 6.31. The standard InChI is InChI=1S/C25H35N3O8/c1-7-15-18(27-21(33)26-13-9-11-14(35-6)12-10-13)16-17(19(29)30)24(16,8-2)25(15,20(31)32)28-22(34)36-23(3,4)5/h9-12,15-18H,7-8H2,1-6H3,(H,28,34)(H,29,30)(H,31,32)(H2,26,27,33). The fourth-order valence-corrected chi connectivity index (χ4v) is 6.31. The van der Waals surface area contributed by atoms with E-state index in [0.29, 0.717) is 11.4 Å². The summed E-state index contributed by atoms with van der Waals surface area (Å²) in [6.45, 7) is 8.40. The third-order valence-electron chi connectivity index (χ3n) is 7.48. The van der Waals surface area contributed by atoms with Crippen molar-refractivity contribution in [3.05, 3.63) is 24.3 Å². The number of ether oxygens (including phenoxy) is 2. The average Bonchev–Trinajstić information content (AvgIpc) is 3.42. The Morgan fingerprint density at radius 2 is 1.67 bits per heavy atom. The molecule has 2 saturated carbocycles. The smallest absolute Gasteiger partial charge is 0.408 e. The predicted octanol–water partition coefficient (Wildman–Crippen LogP) is 3.30. The van der Waals surface area contributed by atoms with Crippen LogP contribution in [-0.2, 0) is 14.3 Å². The molecule has 11 nitrogen and oxygen atoms in total. The Morgan fingerprint density at radius 1 is 1.06 bits per heavy atom. The highest BCUT2D eigenvalue weighted by atomic mass is 16.6. The maximum Gasteiger partial charge on any atom is 0.408 e. The third kappa shape index (κ3) is 4.31. The molecular weight excluding hydrogens is 470 g/mol. The number of aliphatic carboxylic acids is 2. The van der Waals surface area contributed by atoms with Gasteiger partial charge in [0.2, 0.25) is 0 Å². The van der Waals surface area contributed by atoms with Gasteiger partial charge in [-0.1, -0.05) is 13.8 Å². The maximum absolute atomic E-state index is 12.9. The van der Waals surface area contributed by atoms with Crippen LogP contribution >= 0.6 is 0 Å². The third-order valence-corrected chi connectivity index (χ3v) is 7.48. The summed E-state index contributed by atoms with van der Waals surface area (Å²) in [4.78, 5) is 51.0. The number of rotatable bonds is 8. The van der Waals surface area contributed by atoms with E-state index in [1.807, 2.05) is 0 Å². The van der Waals surface area contributed by atoms with E-state index in [0.717, 1.165) is 0 Å². The van der Waals surface area contributed by atoms with Gasteiger partial charge in [-0.25, -0.2) is 14.4 Å². The Labute approximate surface area is 209 Å². The number of hydrogen-bond acceptors (Lipinski definition) is 6. The first-order chi connectivity index (χ1) is 16.8. The minimum atomic E-state index is -1.95. The molecule has 3 amide bonds. The topological polar surface area (TPSA) is 163 Å². The minimum absolute atomic E-state index is 0.172. The highest BCUT2D eigenvalue weighted by Crippen LogP contribution is 2.76. The molecule has 1 aromatic carbocycles. The van der Waals surface area contributed by atoms with Crippen LogP contribution in [0, 0.1) is 23.2 Å². The van der Waals surface area contributed by atoms with E-state index in [9.17, 15) is 29.4 Å². The lowest BCUT2D eigenvalue weighted by atomic mass is 9.70. The molecule has 36 heavy (non-hydrogen) atoms. The molecule has 1 aromatic rings. The number of hydrogen-bond donors (Lipinski definition) is 5. The molecule has 198 valence electrons. The van der Waals surface area contributed by atoms with Gasteiger partial charge in [-0.3, -0.25) is 4.79 Å². The van der Waals surface area contributed by atoms with Crippen LogP contribution in [0.3, 0.4) is 0 Å². The van der Waals surface area contributed by atoms with Gasteiger partial charge in [0.05, 0.1) is 13.0 Å². The number of carbonyl (C=O) groups excluding carboxylic acids is 2. The van der Waals surface area contributed by atoms with Crippen LogP contribution in [0.1, 0.15) is 47.5 Å². The van der Waals surface area contributed by atoms with E-state index >= 15 is 0 Å². The summed E-state index contributed by atoms with van der Waals surface area (Å²) in [5.74, 6) is -4.46. The number of anilines is 1.